The molecular formula is C15H18IN3OS. The zero-order chi connectivity index (χ0) is 15.2. The summed E-state index contributed by atoms with van der Waals surface area (Å²) in [6.45, 7) is 2.59. The summed E-state index contributed by atoms with van der Waals surface area (Å²) in [5.41, 5.74) is 7.54. The van der Waals surface area contributed by atoms with E-state index in [9.17, 15) is 4.79 Å². The molecule has 6 heteroatoms. The van der Waals surface area contributed by atoms with Gasteiger partial charge in [-0.3, -0.25) is 4.79 Å². The van der Waals surface area contributed by atoms with Crippen molar-refractivity contribution in [1.82, 2.24) is 10.3 Å². The highest BCUT2D eigenvalue weighted by Gasteiger charge is 2.14. The zero-order valence-corrected chi connectivity index (χ0v) is 14.8. The van der Waals surface area contributed by atoms with Crippen LogP contribution in [0.15, 0.2) is 29.6 Å². The Kier molecular flexibility index (Phi) is 6.13. The van der Waals surface area contributed by atoms with E-state index in [1.807, 2.05) is 24.3 Å². The van der Waals surface area contributed by atoms with E-state index in [2.05, 4.69) is 39.8 Å². The normalized spacial score (nSPS) is 12.1. The lowest BCUT2D eigenvalue weighted by molar-refractivity contribution is 0.0946. The molecule has 1 aromatic heterocycles. The van der Waals surface area contributed by atoms with Crippen LogP contribution in [0, 0.1) is 3.57 Å². The van der Waals surface area contributed by atoms with Gasteiger partial charge in [0.25, 0.3) is 5.91 Å². The lowest BCUT2D eigenvalue weighted by Gasteiger charge is -2.06. The third kappa shape index (κ3) is 4.76. The van der Waals surface area contributed by atoms with Crippen LogP contribution in [0.5, 0.6) is 0 Å². The molecule has 1 unspecified atom stereocenters. The van der Waals surface area contributed by atoms with Gasteiger partial charge in [-0.25, -0.2) is 4.98 Å². The number of nitrogens with one attached hydrogen (secondary N) is 1. The minimum atomic E-state index is -0.153. The zero-order valence-electron chi connectivity index (χ0n) is 11.8. The lowest BCUT2D eigenvalue weighted by atomic mass is 10.2. The average molecular weight is 415 g/mol. The monoisotopic (exact) mass is 415 g/mol. The molecule has 0 spiro atoms. The molecule has 112 valence electrons. The number of amides is 1. The Morgan fingerprint density at radius 2 is 2.33 bits per heavy atom. The molecule has 1 atom stereocenters. The molecule has 21 heavy (non-hydrogen) atoms. The van der Waals surface area contributed by atoms with Crippen molar-refractivity contribution in [2.24, 2.45) is 5.73 Å². The van der Waals surface area contributed by atoms with Crippen LogP contribution < -0.4 is 11.1 Å². The van der Waals surface area contributed by atoms with Crippen LogP contribution in [0.1, 0.15) is 46.9 Å². The molecule has 2 aromatic rings. The van der Waals surface area contributed by atoms with E-state index in [4.69, 9.17) is 5.73 Å². The minimum Gasteiger partial charge on any atom is -0.347 e. The van der Waals surface area contributed by atoms with Crippen molar-refractivity contribution in [1.29, 1.82) is 0 Å². The van der Waals surface area contributed by atoms with Gasteiger partial charge in [-0.15, -0.1) is 11.3 Å². The fraction of sp³-hybridized carbons (Fsp3) is 0.333. The van der Waals surface area contributed by atoms with Gasteiger partial charge in [0.05, 0.1) is 6.04 Å². The summed E-state index contributed by atoms with van der Waals surface area (Å²) in [7, 11) is 0. The molecule has 0 radical (unpaired) electrons. The van der Waals surface area contributed by atoms with Crippen molar-refractivity contribution < 1.29 is 4.79 Å². The standard InChI is InChI=1S/C15H18IN3OS/c1-2-4-12(17)15-19-13(9-21-15)14(20)18-8-10-5-3-6-11(16)7-10/h3,5-7,9,12H,2,4,8,17H2,1H3,(H,18,20). The van der Waals surface area contributed by atoms with Crippen LogP contribution in [0.3, 0.4) is 0 Å². The second-order valence-corrected chi connectivity index (χ2v) is 6.91. The van der Waals surface area contributed by atoms with Gasteiger partial charge in [-0.1, -0.05) is 25.5 Å². The number of hydrogen-bond donors (Lipinski definition) is 2. The van der Waals surface area contributed by atoms with E-state index in [1.54, 1.807) is 5.38 Å². The maximum atomic E-state index is 12.1. The van der Waals surface area contributed by atoms with Crippen LogP contribution >= 0.6 is 33.9 Å². The molecule has 0 saturated heterocycles. The van der Waals surface area contributed by atoms with Crippen molar-refractivity contribution in [3.63, 3.8) is 0 Å². The van der Waals surface area contributed by atoms with Crippen molar-refractivity contribution in [3.8, 4) is 0 Å². The van der Waals surface area contributed by atoms with Gasteiger partial charge < -0.3 is 11.1 Å². The van der Waals surface area contributed by atoms with Crippen molar-refractivity contribution in [3.05, 3.63) is 49.5 Å². The van der Waals surface area contributed by atoms with Crippen LogP contribution in [0.25, 0.3) is 0 Å². The van der Waals surface area contributed by atoms with Gasteiger partial charge >= 0.3 is 0 Å². The number of halogens is 1. The Bertz CT molecular complexity index is 614. The first-order chi connectivity index (χ1) is 10.1. The number of nitrogens with zero attached hydrogens (tertiary/aromatic N) is 1. The number of carbonyl (C=O) groups is 1. The Morgan fingerprint density at radius 1 is 1.52 bits per heavy atom. The molecule has 1 amide bonds. The van der Waals surface area contributed by atoms with Gasteiger partial charge in [0.2, 0.25) is 0 Å². The number of thiazole rings is 1. The molecule has 0 saturated carbocycles. The number of nitrogens with two attached hydrogens (primary N) is 1. The minimum absolute atomic E-state index is 0.0720. The van der Waals surface area contributed by atoms with Crippen molar-refractivity contribution in [2.75, 3.05) is 0 Å². The molecule has 2 rings (SSSR count). The van der Waals surface area contributed by atoms with Crippen LogP contribution in [-0.2, 0) is 6.54 Å². The second kappa shape index (κ2) is 7.86. The van der Waals surface area contributed by atoms with E-state index in [0.29, 0.717) is 12.2 Å². The SMILES string of the molecule is CCCC(N)c1nc(C(=O)NCc2cccc(I)c2)cs1. The van der Waals surface area contributed by atoms with E-state index < -0.39 is 0 Å². The van der Waals surface area contributed by atoms with E-state index >= 15 is 0 Å². The molecule has 0 aliphatic carbocycles. The molecular weight excluding hydrogens is 397 g/mol. The number of benzene rings is 1. The molecule has 0 fully saturated rings. The van der Waals surface area contributed by atoms with Gasteiger partial charge in [0.15, 0.2) is 0 Å². The summed E-state index contributed by atoms with van der Waals surface area (Å²) in [5.74, 6) is -0.153. The summed E-state index contributed by atoms with van der Waals surface area (Å²) in [4.78, 5) is 16.4. The summed E-state index contributed by atoms with van der Waals surface area (Å²) in [5, 5.41) is 5.49. The number of hydrogen-bond acceptors (Lipinski definition) is 4. The lowest BCUT2D eigenvalue weighted by Crippen LogP contribution is -2.23. The molecule has 0 aliphatic heterocycles. The summed E-state index contributed by atoms with van der Waals surface area (Å²) >= 11 is 3.71. The second-order valence-electron chi connectivity index (χ2n) is 4.78. The average Bonchev–Trinajstić information content (AvgIpc) is 2.95. The largest absolute Gasteiger partial charge is 0.347 e. The van der Waals surface area contributed by atoms with Gasteiger partial charge in [-0.2, -0.15) is 0 Å². The number of aromatic nitrogens is 1. The Morgan fingerprint density at radius 3 is 3.05 bits per heavy atom. The summed E-state index contributed by atoms with van der Waals surface area (Å²) in [6.07, 6.45) is 1.89. The fourth-order valence-electron chi connectivity index (χ4n) is 1.92. The summed E-state index contributed by atoms with van der Waals surface area (Å²) < 4.78 is 1.15. The maximum absolute atomic E-state index is 12.1. The molecule has 4 nitrogen and oxygen atoms in total. The Labute approximate surface area is 142 Å². The van der Waals surface area contributed by atoms with Crippen LogP contribution in [0.4, 0.5) is 0 Å². The Hall–Kier alpha value is -0.990. The van der Waals surface area contributed by atoms with Crippen LogP contribution in [0.2, 0.25) is 0 Å². The number of rotatable bonds is 6. The van der Waals surface area contributed by atoms with Gasteiger partial charge in [-0.05, 0) is 46.7 Å². The highest BCUT2D eigenvalue weighted by Crippen LogP contribution is 2.20. The predicted octanol–water partition coefficient (Wildman–Crippen LogP) is 3.48. The maximum Gasteiger partial charge on any atom is 0.271 e. The number of carbonyl (C=O) groups excluding carboxylic acids is 1. The van der Waals surface area contributed by atoms with Crippen molar-refractivity contribution in [2.45, 2.75) is 32.4 Å². The van der Waals surface area contributed by atoms with Crippen molar-refractivity contribution >= 4 is 39.8 Å². The van der Waals surface area contributed by atoms with Gasteiger partial charge in [0, 0.05) is 15.5 Å². The fourth-order valence-corrected chi connectivity index (χ4v) is 3.36. The third-order valence-corrected chi connectivity index (χ3v) is 4.66. The first kappa shape index (κ1) is 16.4. The molecule has 3 N–H and O–H groups in total. The highest BCUT2D eigenvalue weighted by atomic mass is 127. The highest BCUT2D eigenvalue weighted by molar-refractivity contribution is 14.1. The topological polar surface area (TPSA) is 68.0 Å². The van der Waals surface area contributed by atoms with E-state index in [1.165, 1.54) is 11.3 Å². The molecule has 1 aromatic carbocycles. The van der Waals surface area contributed by atoms with Crippen LogP contribution in [-0.4, -0.2) is 10.9 Å². The Balaban J connectivity index is 1.94. The quantitative estimate of drug-likeness (QED) is 0.710. The molecule has 1 heterocycles. The first-order valence-electron chi connectivity index (χ1n) is 6.83. The molecule has 0 aliphatic rings. The smallest absolute Gasteiger partial charge is 0.271 e. The molecule has 0 bridgehead atoms. The van der Waals surface area contributed by atoms with Gasteiger partial charge in [0.1, 0.15) is 10.7 Å². The van der Waals surface area contributed by atoms with E-state index in [0.717, 1.165) is 27.0 Å². The summed E-state index contributed by atoms with van der Waals surface area (Å²) in [6, 6.07) is 7.97. The predicted molar refractivity (Wildman–Crippen MR) is 94.3 cm³/mol. The third-order valence-electron chi connectivity index (χ3n) is 3.01. The first-order valence-corrected chi connectivity index (χ1v) is 8.79. The van der Waals surface area contributed by atoms with E-state index in [-0.39, 0.29) is 11.9 Å².